The Morgan fingerprint density at radius 3 is 2.70 bits per heavy atom. The predicted octanol–water partition coefficient (Wildman–Crippen LogP) is 3.48. The van der Waals surface area contributed by atoms with Gasteiger partial charge in [0.1, 0.15) is 0 Å². The number of primary sulfonamides is 1. The Morgan fingerprint density at radius 1 is 1.30 bits per heavy atom. The number of sulfonamides is 1. The molecular formula is C20H26N2O3S2. The van der Waals surface area contributed by atoms with Crippen molar-refractivity contribution < 1.29 is 13.2 Å². The van der Waals surface area contributed by atoms with E-state index in [4.69, 9.17) is 5.14 Å². The van der Waals surface area contributed by atoms with E-state index in [1.807, 2.05) is 6.07 Å². The van der Waals surface area contributed by atoms with Gasteiger partial charge in [-0.2, -0.15) is 0 Å². The highest BCUT2D eigenvalue weighted by molar-refractivity contribution is 7.89. The van der Waals surface area contributed by atoms with Crippen LogP contribution in [-0.2, 0) is 29.4 Å². The van der Waals surface area contributed by atoms with Crippen molar-refractivity contribution in [3.63, 3.8) is 0 Å². The lowest BCUT2D eigenvalue weighted by molar-refractivity contribution is 0.0955. The summed E-state index contributed by atoms with van der Waals surface area (Å²) in [6.07, 6.45) is 3.23. The first kappa shape index (κ1) is 20.0. The molecule has 3 rings (SSSR count). The van der Waals surface area contributed by atoms with Gasteiger partial charge >= 0.3 is 0 Å². The second kappa shape index (κ2) is 7.37. The van der Waals surface area contributed by atoms with Crippen molar-refractivity contribution in [1.82, 2.24) is 5.32 Å². The standard InChI is InChI=1S/C20H26N2O3S2/c1-20(2,3)15-7-8-17-14(10-15)11-18(26-17)19(23)22-12-13-5-4-6-16(9-13)27(21,24)25/h4-6,9,11,15H,7-8,10,12H2,1-3H3,(H,22,23)(H2,21,24,25). The molecule has 1 unspecified atom stereocenters. The maximum atomic E-state index is 12.6. The number of benzene rings is 1. The predicted molar refractivity (Wildman–Crippen MR) is 108 cm³/mol. The van der Waals surface area contributed by atoms with Crippen LogP contribution in [0.25, 0.3) is 0 Å². The minimum atomic E-state index is -3.75. The molecule has 0 bridgehead atoms. The largest absolute Gasteiger partial charge is 0.347 e. The summed E-state index contributed by atoms with van der Waals surface area (Å²) in [5, 5.41) is 8.04. The molecule has 0 saturated heterocycles. The lowest BCUT2D eigenvalue weighted by atomic mass is 9.72. The fourth-order valence-corrected chi connectivity index (χ4v) is 5.19. The first-order chi connectivity index (χ1) is 12.5. The van der Waals surface area contributed by atoms with E-state index in [1.165, 1.54) is 29.0 Å². The normalized spacial score (nSPS) is 17.4. The summed E-state index contributed by atoms with van der Waals surface area (Å²) in [5.41, 5.74) is 2.27. The van der Waals surface area contributed by atoms with E-state index in [0.29, 0.717) is 11.5 Å². The van der Waals surface area contributed by atoms with Gasteiger partial charge in [0.15, 0.2) is 0 Å². The molecule has 1 aliphatic rings. The molecule has 1 amide bonds. The Kier molecular flexibility index (Phi) is 5.47. The third-order valence-electron chi connectivity index (χ3n) is 5.21. The Labute approximate surface area is 165 Å². The molecular weight excluding hydrogens is 380 g/mol. The molecule has 0 spiro atoms. The van der Waals surface area contributed by atoms with E-state index in [9.17, 15) is 13.2 Å². The van der Waals surface area contributed by atoms with Crippen molar-refractivity contribution in [2.24, 2.45) is 16.5 Å². The molecule has 0 saturated carbocycles. The lowest BCUT2D eigenvalue weighted by Gasteiger charge is -2.33. The number of carbonyl (C=O) groups is 1. The van der Waals surface area contributed by atoms with Crippen molar-refractivity contribution in [3.8, 4) is 0 Å². The van der Waals surface area contributed by atoms with E-state index in [2.05, 4.69) is 26.1 Å². The molecule has 27 heavy (non-hydrogen) atoms. The van der Waals surface area contributed by atoms with Gasteiger partial charge in [-0.05, 0) is 59.9 Å². The zero-order chi connectivity index (χ0) is 19.8. The van der Waals surface area contributed by atoms with Gasteiger partial charge in [0.2, 0.25) is 10.0 Å². The van der Waals surface area contributed by atoms with Crippen LogP contribution in [0, 0.1) is 11.3 Å². The van der Waals surface area contributed by atoms with Gasteiger partial charge in [-0.25, -0.2) is 13.6 Å². The second-order valence-electron chi connectivity index (χ2n) is 8.24. The van der Waals surface area contributed by atoms with Crippen LogP contribution in [0.2, 0.25) is 0 Å². The van der Waals surface area contributed by atoms with Crippen LogP contribution in [0.4, 0.5) is 0 Å². The minimum absolute atomic E-state index is 0.0501. The van der Waals surface area contributed by atoms with Crippen molar-refractivity contribution in [3.05, 3.63) is 51.2 Å². The van der Waals surface area contributed by atoms with Crippen molar-refractivity contribution in [1.29, 1.82) is 0 Å². The highest BCUT2D eigenvalue weighted by atomic mass is 32.2. The van der Waals surface area contributed by atoms with Gasteiger partial charge in [-0.15, -0.1) is 11.3 Å². The molecule has 5 nitrogen and oxygen atoms in total. The molecule has 1 atom stereocenters. The van der Waals surface area contributed by atoms with Crippen LogP contribution < -0.4 is 10.5 Å². The number of rotatable bonds is 4. The molecule has 146 valence electrons. The monoisotopic (exact) mass is 406 g/mol. The number of hydrogen-bond donors (Lipinski definition) is 2. The van der Waals surface area contributed by atoms with Crippen LogP contribution in [-0.4, -0.2) is 14.3 Å². The molecule has 3 N–H and O–H groups in total. The zero-order valence-electron chi connectivity index (χ0n) is 15.9. The number of hydrogen-bond acceptors (Lipinski definition) is 4. The average Bonchev–Trinajstić information content (AvgIpc) is 3.01. The highest BCUT2D eigenvalue weighted by Crippen LogP contribution is 2.40. The van der Waals surface area contributed by atoms with Gasteiger partial charge < -0.3 is 5.32 Å². The molecule has 2 aromatic rings. The van der Waals surface area contributed by atoms with Crippen LogP contribution in [0.5, 0.6) is 0 Å². The highest BCUT2D eigenvalue weighted by Gasteiger charge is 2.30. The van der Waals surface area contributed by atoms with Gasteiger partial charge in [-0.1, -0.05) is 32.9 Å². The molecule has 1 aromatic heterocycles. The number of nitrogens with two attached hydrogens (primary N) is 1. The quantitative estimate of drug-likeness (QED) is 0.815. The van der Waals surface area contributed by atoms with Gasteiger partial charge in [0.25, 0.3) is 5.91 Å². The summed E-state index contributed by atoms with van der Waals surface area (Å²) in [7, 11) is -3.75. The fraction of sp³-hybridized carbons (Fsp3) is 0.450. The first-order valence-corrected chi connectivity index (χ1v) is 11.4. The van der Waals surface area contributed by atoms with Gasteiger partial charge in [0, 0.05) is 11.4 Å². The molecule has 0 fully saturated rings. The van der Waals surface area contributed by atoms with Crippen LogP contribution in [0.1, 0.15) is 52.9 Å². The summed E-state index contributed by atoms with van der Waals surface area (Å²) in [5.74, 6) is 0.513. The molecule has 1 aromatic carbocycles. The van der Waals surface area contributed by atoms with Gasteiger partial charge in [-0.3, -0.25) is 4.79 Å². The molecule has 1 aliphatic carbocycles. The number of carbonyl (C=O) groups excluding carboxylic acids is 1. The molecule has 1 heterocycles. The number of thiophene rings is 1. The number of fused-ring (bicyclic) bond motifs is 1. The van der Waals surface area contributed by atoms with E-state index in [1.54, 1.807) is 23.5 Å². The fourth-order valence-electron chi connectivity index (χ4n) is 3.48. The van der Waals surface area contributed by atoms with Crippen LogP contribution in [0.15, 0.2) is 35.2 Å². The minimum Gasteiger partial charge on any atom is -0.347 e. The van der Waals surface area contributed by atoms with E-state index < -0.39 is 10.0 Å². The summed E-state index contributed by atoms with van der Waals surface area (Å²) < 4.78 is 22.9. The maximum absolute atomic E-state index is 12.6. The third-order valence-corrected chi connectivity index (χ3v) is 7.36. The molecule has 0 radical (unpaired) electrons. The summed E-state index contributed by atoms with van der Waals surface area (Å²) >= 11 is 1.57. The SMILES string of the molecule is CC(C)(C)C1CCc2sc(C(=O)NCc3cccc(S(N)(=O)=O)c3)cc2C1. The Morgan fingerprint density at radius 2 is 2.04 bits per heavy atom. The number of amides is 1. The Hall–Kier alpha value is -1.70. The topological polar surface area (TPSA) is 89.3 Å². The third kappa shape index (κ3) is 4.78. The van der Waals surface area contributed by atoms with E-state index in [-0.39, 0.29) is 22.8 Å². The van der Waals surface area contributed by atoms with Crippen LogP contribution in [0.3, 0.4) is 0 Å². The Balaban J connectivity index is 1.67. The zero-order valence-corrected chi connectivity index (χ0v) is 17.5. The lowest BCUT2D eigenvalue weighted by Crippen LogP contribution is -2.26. The average molecular weight is 407 g/mol. The first-order valence-electron chi connectivity index (χ1n) is 9.05. The van der Waals surface area contributed by atoms with Gasteiger partial charge in [0.05, 0.1) is 9.77 Å². The number of nitrogens with one attached hydrogen (secondary N) is 1. The summed E-state index contributed by atoms with van der Waals surface area (Å²) in [6, 6.07) is 8.34. The van der Waals surface area contributed by atoms with Crippen molar-refractivity contribution >= 4 is 27.3 Å². The summed E-state index contributed by atoms with van der Waals surface area (Å²) in [6.45, 7) is 7.09. The van der Waals surface area contributed by atoms with Crippen molar-refractivity contribution in [2.75, 3.05) is 0 Å². The maximum Gasteiger partial charge on any atom is 0.261 e. The van der Waals surface area contributed by atoms with E-state index in [0.717, 1.165) is 17.7 Å². The Bertz CT molecular complexity index is 956. The number of aryl methyl sites for hydroxylation is 1. The van der Waals surface area contributed by atoms with Crippen molar-refractivity contribution in [2.45, 2.75) is 51.5 Å². The molecule has 0 aliphatic heterocycles. The smallest absolute Gasteiger partial charge is 0.261 e. The summed E-state index contributed by atoms with van der Waals surface area (Å²) in [4.78, 5) is 14.6. The van der Waals surface area contributed by atoms with E-state index >= 15 is 0 Å². The molecule has 7 heteroatoms. The second-order valence-corrected chi connectivity index (χ2v) is 10.9. The van der Waals surface area contributed by atoms with Crippen LogP contribution >= 0.6 is 11.3 Å².